The molecule has 7 nitrogen and oxygen atoms in total. The Morgan fingerprint density at radius 3 is 2.54 bits per heavy atom. The zero-order valence-corrected chi connectivity index (χ0v) is 21.1. The number of benzene rings is 3. The van der Waals surface area contributed by atoms with E-state index in [9.17, 15) is 13.2 Å². The molecule has 0 aliphatic carbocycles. The van der Waals surface area contributed by atoms with E-state index in [1.54, 1.807) is 24.4 Å². The smallest absolute Gasteiger partial charge is 0.250 e. The maximum absolute atomic E-state index is 13.2. The lowest BCUT2D eigenvalue weighted by Gasteiger charge is -2.14. The van der Waals surface area contributed by atoms with Crippen molar-refractivity contribution in [3.05, 3.63) is 83.9 Å². The fraction of sp³-hybridized carbons (Fsp3) is 0.192. The summed E-state index contributed by atoms with van der Waals surface area (Å²) in [5.41, 5.74) is 2.60. The third-order valence-electron chi connectivity index (χ3n) is 5.15. The van der Waals surface area contributed by atoms with Gasteiger partial charge in [-0.15, -0.1) is 0 Å². The average molecular weight is 508 g/mol. The number of fused-ring (bicyclic) bond motifs is 1. The van der Waals surface area contributed by atoms with Crippen molar-refractivity contribution in [2.45, 2.75) is 25.2 Å². The fourth-order valence-electron chi connectivity index (χ4n) is 3.35. The normalized spacial score (nSPS) is 11.7. The number of thiazole rings is 1. The number of nitrogens with zero attached hydrogens (tertiary/aromatic N) is 3. The molecule has 0 atom stereocenters. The quantitative estimate of drug-likeness (QED) is 0.228. The van der Waals surface area contributed by atoms with Crippen LogP contribution in [-0.2, 0) is 14.6 Å². The zero-order chi connectivity index (χ0) is 24.8. The molecule has 0 aliphatic rings. The summed E-state index contributed by atoms with van der Waals surface area (Å²) < 4.78 is 31.8. The lowest BCUT2D eigenvalue weighted by Crippen LogP contribution is -2.27. The molecule has 0 saturated carbocycles. The highest BCUT2D eigenvalue weighted by Crippen LogP contribution is 2.30. The average Bonchev–Trinajstić information content (AvgIpc) is 3.27. The Kier molecular flexibility index (Phi) is 7.57. The molecule has 0 N–H and O–H groups in total. The van der Waals surface area contributed by atoms with Crippen molar-refractivity contribution < 1.29 is 17.9 Å². The number of rotatable bonds is 9. The molecule has 0 radical (unpaired) electrons. The minimum atomic E-state index is -3.61. The van der Waals surface area contributed by atoms with Crippen LogP contribution in [0.15, 0.2) is 82.8 Å². The molecule has 0 unspecified atom stereocenters. The van der Waals surface area contributed by atoms with Gasteiger partial charge >= 0.3 is 0 Å². The van der Waals surface area contributed by atoms with Gasteiger partial charge in [-0.1, -0.05) is 35.6 Å². The summed E-state index contributed by atoms with van der Waals surface area (Å²) in [4.78, 5) is 18.0. The van der Waals surface area contributed by atoms with Gasteiger partial charge in [-0.25, -0.2) is 13.4 Å². The van der Waals surface area contributed by atoms with Gasteiger partial charge in [-0.3, -0.25) is 4.79 Å². The molecular weight excluding hydrogens is 482 g/mol. The van der Waals surface area contributed by atoms with Gasteiger partial charge in [0, 0.05) is 6.42 Å². The van der Waals surface area contributed by atoms with Crippen LogP contribution in [0, 0.1) is 6.92 Å². The third-order valence-corrected chi connectivity index (χ3v) is 7.88. The molecule has 1 amide bonds. The maximum atomic E-state index is 13.2. The summed E-state index contributed by atoms with van der Waals surface area (Å²) in [5, 5.41) is 5.98. The first-order chi connectivity index (χ1) is 16.9. The largest absolute Gasteiger partial charge is 0.494 e. The monoisotopic (exact) mass is 507 g/mol. The second kappa shape index (κ2) is 10.8. The van der Waals surface area contributed by atoms with E-state index in [-0.39, 0.29) is 17.1 Å². The van der Waals surface area contributed by atoms with Crippen LogP contribution in [0.25, 0.3) is 10.2 Å². The molecule has 0 spiro atoms. The Morgan fingerprint density at radius 2 is 1.83 bits per heavy atom. The molecule has 0 bridgehead atoms. The van der Waals surface area contributed by atoms with E-state index in [4.69, 9.17) is 4.74 Å². The first-order valence-corrected chi connectivity index (χ1v) is 13.6. The lowest BCUT2D eigenvalue weighted by molar-refractivity contribution is -0.118. The second-order valence-corrected chi connectivity index (χ2v) is 10.9. The Labute approximate surface area is 208 Å². The summed E-state index contributed by atoms with van der Waals surface area (Å²) in [5.74, 6) is -0.0396. The van der Waals surface area contributed by atoms with Crippen molar-refractivity contribution in [1.82, 2.24) is 4.98 Å². The van der Waals surface area contributed by atoms with Crippen molar-refractivity contribution >= 4 is 48.6 Å². The molecule has 4 rings (SSSR count). The first-order valence-electron chi connectivity index (χ1n) is 11.1. The highest BCUT2D eigenvalue weighted by molar-refractivity contribution is 7.91. The molecule has 1 aromatic heterocycles. The summed E-state index contributed by atoms with van der Waals surface area (Å²) in [6, 6.07) is 21.3. The topological polar surface area (TPSA) is 88.9 Å². The Morgan fingerprint density at radius 1 is 1.09 bits per heavy atom. The minimum absolute atomic E-state index is 0.188. The third kappa shape index (κ3) is 6.12. The number of hydrazone groups is 1. The standard InChI is InChI=1S/C26H25N3O4S2/c1-3-33-21-12-10-20(11-13-21)18-27-29(26-28-23-14-9-19(2)17-24(23)34-26)25(30)15-16-35(31,32)22-7-5-4-6-8-22/h4-14,17-18H,3,15-16H2,1-2H3/b27-18+. The van der Waals surface area contributed by atoms with Crippen molar-refractivity contribution in [1.29, 1.82) is 0 Å². The minimum Gasteiger partial charge on any atom is -0.494 e. The Bertz CT molecular complexity index is 1450. The molecule has 9 heteroatoms. The number of amides is 1. The molecule has 0 aliphatic heterocycles. The zero-order valence-electron chi connectivity index (χ0n) is 19.4. The number of hydrogen-bond donors (Lipinski definition) is 0. The van der Waals surface area contributed by atoms with Crippen molar-refractivity contribution in [3.63, 3.8) is 0 Å². The van der Waals surface area contributed by atoms with Crippen LogP contribution >= 0.6 is 11.3 Å². The second-order valence-electron chi connectivity index (χ2n) is 7.80. The number of ether oxygens (including phenoxy) is 1. The predicted molar refractivity (Wildman–Crippen MR) is 140 cm³/mol. The number of carbonyl (C=O) groups is 1. The summed E-state index contributed by atoms with van der Waals surface area (Å²) >= 11 is 1.33. The van der Waals surface area contributed by atoms with Crippen LogP contribution in [0.4, 0.5) is 5.13 Å². The van der Waals surface area contributed by atoms with Crippen molar-refractivity contribution in [2.24, 2.45) is 5.10 Å². The van der Waals surface area contributed by atoms with E-state index in [0.29, 0.717) is 11.7 Å². The lowest BCUT2D eigenvalue weighted by atomic mass is 10.2. The molecule has 180 valence electrons. The summed E-state index contributed by atoms with van der Waals surface area (Å²) in [6.45, 7) is 4.47. The highest BCUT2D eigenvalue weighted by Gasteiger charge is 2.23. The van der Waals surface area contributed by atoms with Crippen molar-refractivity contribution in [3.8, 4) is 5.75 Å². The van der Waals surface area contributed by atoms with Crippen LogP contribution in [0.3, 0.4) is 0 Å². The van der Waals surface area contributed by atoms with Gasteiger partial charge in [0.25, 0.3) is 5.91 Å². The van der Waals surface area contributed by atoms with E-state index < -0.39 is 15.7 Å². The summed E-state index contributed by atoms with van der Waals surface area (Å²) in [6.07, 6.45) is 1.32. The maximum Gasteiger partial charge on any atom is 0.250 e. The van der Waals surface area contributed by atoms with E-state index in [2.05, 4.69) is 10.1 Å². The van der Waals surface area contributed by atoms with Gasteiger partial charge in [-0.05, 0) is 73.5 Å². The number of aryl methyl sites for hydroxylation is 1. The van der Waals surface area contributed by atoms with Crippen LogP contribution < -0.4 is 9.75 Å². The van der Waals surface area contributed by atoms with Gasteiger partial charge in [0.15, 0.2) is 9.84 Å². The van der Waals surface area contributed by atoms with Gasteiger partial charge in [0.1, 0.15) is 5.75 Å². The van der Waals surface area contributed by atoms with Crippen LogP contribution in [-0.4, -0.2) is 37.9 Å². The molecule has 0 saturated heterocycles. The number of carbonyl (C=O) groups excluding carboxylic acids is 1. The molecular formula is C26H25N3O4S2. The molecule has 4 aromatic rings. The Balaban J connectivity index is 1.60. The SMILES string of the molecule is CCOc1ccc(/C=N/N(C(=O)CCS(=O)(=O)c2ccccc2)c2nc3ccc(C)cc3s2)cc1. The van der Waals surface area contributed by atoms with Gasteiger partial charge in [0.05, 0.1) is 33.7 Å². The van der Waals surface area contributed by atoms with E-state index >= 15 is 0 Å². The molecule has 3 aromatic carbocycles. The highest BCUT2D eigenvalue weighted by atomic mass is 32.2. The van der Waals surface area contributed by atoms with Crippen LogP contribution in [0.2, 0.25) is 0 Å². The fourth-order valence-corrected chi connectivity index (χ4v) is 5.64. The summed E-state index contributed by atoms with van der Waals surface area (Å²) in [7, 11) is -3.61. The molecule has 35 heavy (non-hydrogen) atoms. The van der Waals surface area contributed by atoms with Crippen LogP contribution in [0.5, 0.6) is 5.75 Å². The van der Waals surface area contributed by atoms with Crippen molar-refractivity contribution in [2.75, 3.05) is 17.4 Å². The number of sulfone groups is 1. The molecule has 1 heterocycles. The predicted octanol–water partition coefficient (Wildman–Crippen LogP) is 5.23. The Hall–Kier alpha value is -3.56. The van der Waals surface area contributed by atoms with E-state index in [1.807, 2.05) is 56.3 Å². The number of anilines is 1. The number of hydrogen-bond acceptors (Lipinski definition) is 7. The van der Waals surface area contributed by atoms with E-state index in [0.717, 1.165) is 27.1 Å². The van der Waals surface area contributed by atoms with Crippen LogP contribution in [0.1, 0.15) is 24.5 Å². The van der Waals surface area contributed by atoms with Gasteiger partial charge in [-0.2, -0.15) is 10.1 Å². The van der Waals surface area contributed by atoms with E-state index in [1.165, 1.54) is 28.5 Å². The first kappa shape index (κ1) is 24.6. The van der Waals surface area contributed by atoms with Gasteiger partial charge < -0.3 is 4.74 Å². The van der Waals surface area contributed by atoms with Gasteiger partial charge in [0.2, 0.25) is 5.13 Å². The number of aromatic nitrogens is 1. The molecule has 0 fully saturated rings.